The van der Waals surface area contributed by atoms with Crippen LogP contribution in [0.5, 0.6) is 11.5 Å². The third kappa shape index (κ3) is 3.41. The Morgan fingerprint density at radius 2 is 1.69 bits per heavy atom. The smallest absolute Gasteiger partial charge is 0.309 e. The minimum Gasteiger partial charge on any atom is -0.469 e. The molecule has 0 aromatic heterocycles. The van der Waals surface area contributed by atoms with Gasteiger partial charge in [0.15, 0.2) is 11.5 Å². The maximum Gasteiger partial charge on any atom is 0.309 e. The number of fused-ring (bicyclic) bond motifs is 1. The molecule has 166 valence electrons. The van der Waals surface area contributed by atoms with Crippen LogP contribution >= 0.6 is 0 Å². The standard InChI is InChI=1S/C28H30O4/c1-30-26(29)4-2-3-18-5-7-22(8-6-18)23-12-24(27-25(13-23)31-17-32-27)28-14-19-9-20(15-28)11-21(10-19)16-28/h2-3,5-8,12-13,19-21H,4,9-11,14-17H2,1H3/b3-2+. The van der Waals surface area contributed by atoms with Crippen LogP contribution in [-0.2, 0) is 14.9 Å². The molecule has 4 saturated carbocycles. The fourth-order valence-electron chi connectivity index (χ4n) is 7.17. The molecule has 2 aromatic carbocycles. The van der Waals surface area contributed by atoms with Crippen molar-refractivity contribution in [3.63, 3.8) is 0 Å². The fourth-order valence-corrected chi connectivity index (χ4v) is 7.17. The van der Waals surface area contributed by atoms with Gasteiger partial charge in [0, 0.05) is 5.56 Å². The van der Waals surface area contributed by atoms with E-state index in [1.54, 1.807) is 0 Å². The van der Waals surface area contributed by atoms with Crippen LogP contribution < -0.4 is 9.47 Å². The maximum absolute atomic E-state index is 11.3. The number of carbonyl (C=O) groups excluding carboxylic acids is 1. The molecule has 0 spiro atoms. The van der Waals surface area contributed by atoms with Gasteiger partial charge in [-0.25, -0.2) is 0 Å². The summed E-state index contributed by atoms with van der Waals surface area (Å²) in [4.78, 5) is 11.3. The first-order valence-corrected chi connectivity index (χ1v) is 11.9. The summed E-state index contributed by atoms with van der Waals surface area (Å²) in [5, 5.41) is 0. The van der Waals surface area contributed by atoms with E-state index in [-0.39, 0.29) is 17.8 Å². The summed E-state index contributed by atoms with van der Waals surface area (Å²) in [6.07, 6.45) is 12.3. The zero-order valence-electron chi connectivity index (χ0n) is 18.6. The van der Waals surface area contributed by atoms with E-state index in [1.807, 2.05) is 12.2 Å². The van der Waals surface area contributed by atoms with Gasteiger partial charge < -0.3 is 14.2 Å². The number of hydrogen-bond donors (Lipinski definition) is 0. The van der Waals surface area contributed by atoms with Crippen LogP contribution in [0.25, 0.3) is 17.2 Å². The normalized spacial score (nSPS) is 29.6. The van der Waals surface area contributed by atoms with Gasteiger partial charge in [-0.3, -0.25) is 4.79 Å². The van der Waals surface area contributed by atoms with Gasteiger partial charge in [0.05, 0.1) is 13.5 Å². The molecular formula is C28H30O4. The minimum atomic E-state index is -0.226. The van der Waals surface area contributed by atoms with Crippen molar-refractivity contribution in [2.45, 2.75) is 50.4 Å². The second-order valence-corrected chi connectivity index (χ2v) is 10.3. The van der Waals surface area contributed by atoms with Crippen LogP contribution in [0.2, 0.25) is 0 Å². The first kappa shape index (κ1) is 19.9. The number of carbonyl (C=O) groups is 1. The lowest BCUT2D eigenvalue weighted by Crippen LogP contribution is -2.48. The second-order valence-electron chi connectivity index (χ2n) is 10.3. The molecule has 1 heterocycles. The SMILES string of the molecule is COC(=O)C/C=C/c1ccc(-c2cc3c(c(C45CC6CC(CC(C6)C4)C5)c2)OCO3)cc1. The molecule has 4 nitrogen and oxygen atoms in total. The lowest BCUT2D eigenvalue weighted by Gasteiger charge is -2.57. The molecule has 0 amide bonds. The van der Waals surface area contributed by atoms with Crippen molar-refractivity contribution in [1.29, 1.82) is 0 Å². The number of benzene rings is 2. The van der Waals surface area contributed by atoms with Crippen LogP contribution in [0.15, 0.2) is 42.5 Å². The third-order valence-corrected chi connectivity index (χ3v) is 8.15. The molecule has 7 rings (SSSR count). The number of ether oxygens (including phenoxy) is 3. The molecular weight excluding hydrogens is 400 g/mol. The molecule has 32 heavy (non-hydrogen) atoms. The first-order valence-electron chi connectivity index (χ1n) is 11.9. The van der Waals surface area contributed by atoms with Gasteiger partial charge >= 0.3 is 5.97 Å². The molecule has 0 N–H and O–H groups in total. The van der Waals surface area contributed by atoms with E-state index in [9.17, 15) is 4.79 Å². The maximum atomic E-state index is 11.3. The largest absolute Gasteiger partial charge is 0.469 e. The van der Waals surface area contributed by atoms with Crippen molar-refractivity contribution in [3.05, 3.63) is 53.6 Å². The summed E-state index contributed by atoms with van der Waals surface area (Å²) in [6, 6.07) is 13.0. The monoisotopic (exact) mass is 430 g/mol. The van der Waals surface area contributed by atoms with Crippen molar-refractivity contribution in [2.75, 3.05) is 13.9 Å². The molecule has 0 unspecified atom stereocenters. The Labute approximate surface area is 189 Å². The van der Waals surface area contributed by atoms with Crippen LogP contribution in [0.1, 0.15) is 56.1 Å². The molecule has 1 aliphatic heterocycles. The summed E-state index contributed by atoms with van der Waals surface area (Å²) in [7, 11) is 1.41. The first-order chi connectivity index (χ1) is 15.6. The van der Waals surface area contributed by atoms with Gasteiger partial charge in [-0.2, -0.15) is 0 Å². The van der Waals surface area contributed by atoms with Crippen LogP contribution in [0.3, 0.4) is 0 Å². The quantitative estimate of drug-likeness (QED) is 0.536. The molecule has 4 heteroatoms. The van der Waals surface area contributed by atoms with Crippen LogP contribution in [0, 0.1) is 17.8 Å². The molecule has 0 atom stereocenters. The Hall–Kier alpha value is -2.75. The highest BCUT2D eigenvalue weighted by atomic mass is 16.7. The van der Waals surface area contributed by atoms with Gasteiger partial charge in [0.1, 0.15) is 0 Å². The highest BCUT2D eigenvalue weighted by Crippen LogP contribution is 2.63. The van der Waals surface area contributed by atoms with Crippen molar-refractivity contribution >= 4 is 12.0 Å². The van der Waals surface area contributed by atoms with E-state index in [0.29, 0.717) is 6.79 Å². The zero-order chi connectivity index (χ0) is 21.7. The van der Waals surface area contributed by atoms with E-state index in [4.69, 9.17) is 9.47 Å². The molecule has 5 aliphatic rings. The minimum absolute atomic E-state index is 0.226. The average molecular weight is 431 g/mol. The molecule has 2 aromatic rings. The number of methoxy groups -OCH3 is 1. The number of esters is 1. The predicted octanol–water partition coefficient (Wildman–Crippen LogP) is 6.13. The Morgan fingerprint density at radius 1 is 1.00 bits per heavy atom. The second kappa shape index (κ2) is 7.68. The van der Waals surface area contributed by atoms with E-state index in [1.165, 1.54) is 62.3 Å². The molecule has 4 bridgehead atoms. The Kier molecular flexibility index (Phi) is 4.78. The van der Waals surface area contributed by atoms with Crippen molar-refractivity contribution in [1.82, 2.24) is 0 Å². The lowest BCUT2D eigenvalue weighted by atomic mass is 9.48. The topological polar surface area (TPSA) is 44.8 Å². The highest BCUT2D eigenvalue weighted by molar-refractivity contribution is 5.74. The van der Waals surface area contributed by atoms with Gasteiger partial charge in [0.25, 0.3) is 0 Å². The van der Waals surface area contributed by atoms with Gasteiger partial charge in [0.2, 0.25) is 6.79 Å². The van der Waals surface area contributed by atoms with Crippen molar-refractivity contribution < 1.29 is 19.0 Å². The average Bonchev–Trinajstić information content (AvgIpc) is 3.26. The van der Waals surface area contributed by atoms with Crippen molar-refractivity contribution in [3.8, 4) is 22.6 Å². The van der Waals surface area contributed by atoms with E-state index < -0.39 is 0 Å². The Bertz CT molecular complexity index is 1030. The van der Waals surface area contributed by atoms with Crippen molar-refractivity contribution in [2.24, 2.45) is 17.8 Å². The van der Waals surface area contributed by atoms with Crippen LogP contribution in [-0.4, -0.2) is 19.9 Å². The Morgan fingerprint density at radius 3 is 2.34 bits per heavy atom. The highest BCUT2D eigenvalue weighted by Gasteiger charge is 2.53. The lowest BCUT2D eigenvalue weighted by molar-refractivity contribution is -0.139. The third-order valence-electron chi connectivity index (χ3n) is 8.15. The van der Waals surface area contributed by atoms with E-state index >= 15 is 0 Å². The van der Waals surface area contributed by atoms with E-state index in [2.05, 4.69) is 41.1 Å². The molecule has 0 saturated heterocycles. The number of hydrogen-bond acceptors (Lipinski definition) is 4. The van der Waals surface area contributed by atoms with Gasteiger partial charge in [-0.05, 0) is 90.5 Å². The summed E-state index contributed by atoms with van der Waals surface area (Å²) in [5.41, 5.74) is 5.10. The predicted molar refractivity (Wildman–Crippen MR) is 124 cm³/mol. The number of rotatable bonds is 5. The summed E-state index contributed by atoms with van der Waals surface area (Å²) in [5.74, 6) is 4.33. The van der Waals surface area contributed by atoms with Gasteiger partial charge in [-0.15, -0.1) is 0 Å². The summed E-state index contributed by atoms with van der Waals surface area (Å²) in [6.45, 7) is 0.322. The summed E-state index contributed by atoms with van der Waals surface area (Å²) < 4.78 is 16.6. The summed E-state index contributed by atoms with van der Waals surface area (Å²) >= 11 is 0. The van der Waals surface area contributed by atoms with Crippen LogP contribution in [0.4, 0.5) is 0 Å². The van der Waals surface area contributed by atoms with Gasteiger partial charge in [-0.1, -0.05) is 36.4 Å². The molecule has 0 radical (unpaired) electrons. The fraction of sp³-hybridized carbons (Fsp3) is 0.464. The van der Waals surface area contributed by atoms with E-state index in [0.717, 1.165) is 34.8 Å². The molecule has 4 fully saturated rings. The molecule has 4 aliphatic carbocycles. The zero-order valence-corrected chi connectivity index (χ0v) is 18.6. The Balaban J connectivity index is 1.32.